The maximum Gasteiger partial charge on any atom is 0.255 e. The highest BCUT2D eigenvalue weighted by Crippen LogP contribution is 2.27. The Kier molecular flexibility index (Phi) is 5.23. The number of benzene rings is 1. The molecule has 126 valence electrons. The smallest absolute Gasteiger partial charge is 0.255 e. The minimum absolute atomic E-state index is 0.0789. The van der Waals surface area contributed by atoms with Gasteiger partial charge in [0.15, 0.2) is 6.61 Å². The molecule has 1 aromatic carbocycles. The molecule has 0 radical (unpaired) electrons. The number of ether oxygens (including phenoxy) is 1. The zero-order valence-electron chi connectivity index (χ0n) is 13.1. The van der Waals surface area contributed by atoms with Crippen LogP contribution in [-0.2, 0) is 4.79 Å². The molecular weight excluding hydrogens is 300 g/mol. The first-order valence-electron chi connectivity index (χ1n) is 7.56. The zero-order chi connectivity index (χ0) is 17.0. The van der Waals surface area contributed by atoms with Crippen molar-refractivity contribution in [3.8, 4) is 5.75 Å². The van der Waals surface area contributed by atoms with E-state index in [1.165, 1.54) is 11.0 Å². The van der Waals surface area contributed by atoms with Gasteiger partial charge in [-0.3, -0.25) is 9.59 Å². The van der Waals surface area contributed by atoms with E-state index in [4.69, 9.17) is 10.5 Å². The third kappa shape index (κ3) is 4.00. The first kappa shape index (κ1) is 17.2. The van der Waals surface area contributed by atoms with Crippen LogP contribution in [0.1, 0.15) is 30.1 Å². The van der Waals surface area contributed by atoms with Crippen LogP contribution in [0.2, 0.25) is 0 Å². The van der Waals surface area contributed by atoms with Gasteiger partial charge in [0.1, 0.15) is 11.9 Å². The van der Waals surface area contributed by atoms with Gasteiger partial charge in [-0.15, -0.1) is 0 Å². The number of likely N-dealkylation sites (tertiary alicyclic amines) is 1. The predicted molar refractivity (Wildman–Crippen MR) is 82.9 cm³/mol. The molecule has 0 bridgehead atoms. The molecule has 1 aromatic rings. The van der Waals surface area contributed by atoms with Crippen molar-refractivity contribution in [2.75, 3.05) is 19.7 Å². The second kappa shape index (κ2) is 6.97. The number of hydrogen-bond acceptors (Lipinski definition) is 5. The van der Waals surface area contributed by atoms with Gasteiger partial charge in [-0.25, -0.2) is 0 Å². The molecule has 23 heavy (non-hydrogen) atoms. The highest BCUT2D eigenvalue weighted by molar-refractivity contribution is 5.94. The Hall–Kier alpha value is -2.12. The first-order chi connectivity index (χ1) is 10.9. The Morgan fingerprint density at radius 3 is 2.83 bits per heavy atom. The van der Waals surface area contributed by atoms with Gasteiger partial charge < -0.3 is 25.6 Å². The van der Waals surface area contributed by atoms with Crippen molar-refractivity contribution in [1.29, 1.82) is 0 Å². The van der Waals surface area contributed by atoms with Crippen LogP contribution in [0.4, 0.5) is 0 Å². The van der Waals surface area contributed by atoms with E-state index in [0.29, 0.717) is 30.7 Å². The molecule has 7 nitrogen and oxygen atoms in total. The van der Waals surface area contributed by atoms with E-state index >= 15 is 0 Å². The monoisotopic (exact) mass is 322 g/mol. The highest BCUT2D eigenvalue weighted by Gasteiger charge is 2.40. The summed E-state index contributed by atoms with van der Waals surface area (Å²) in [7, 11) is 0. The molecule has 1 fully saturated rings. The van der Waals surface area contributed by atoms with Crippen LogP contribution in [0.5, 0.6) is 5.75 Å². The molecule has 1 saturated heterocycles. The van der Waals surface area contributed by atoms with Gasteiger partial charge in [-0.2, -0.15) is 0 Å². The van der Waals surface area contributed by atoms with E-state index in [1.54, 1.807) is 25.1 Å². The van der Waals surface area contributed by atoms with Gasteiger partial charge in [0.2, 0.25) is 0 Å². The molecule has 1 aliphatic rings. The molecule has 2 amide bonds. The number of aliphatic hydroxyl groups is 2. The molecule has 0 unspecified atom stereocenters. The number of amides is 2. The molecule has 0 aliphatic carbocycles. The van der Waals surface area contributed by atoms with Crippen molar-refractivity contribution < 1.29 is 24.5 Å². The maximum absolute atomic E-state index is 12.5. The van der Waals surface area contributed by atoms with Crippen LogP contribution in [0.15, 0.2) is 24.3 Å². The Bertz CT molecular complexity index is 592. The summed E-state index contributed by atoms with van der Waals surface area (Å²) in [5.74, 6) is -0.483. The number of nitrogens with two attached hydrogens (primary N) is 1. The lowest BCUT2D eigenvalue weighted by Gasteiger charge is -2.41. The van der Waals surface area contributed by atoms with Crippen molar-refractivity contribution >= 4 is 11.8 Å². The predicted octanol–water partition coefficient (Wildman–Crippen LogP) is -0.101. The van der Waals surface area contributed by atoms with Gasteiger partial charge in [0.25, 0.3) is 11.8 Å². The molecule has 7 heteroatoms. The van der Waals surface area contributed by atoms with E-state index < -0.39 is 17.6 Å². The second-order valence-electron chi connectivity index (χ2n) is 5.76. The van der Waals surface area contributed by atoms with E-state index in [9.17, 15) is 19.8 Å². The summed E-state index contributed by atoms with van der Waals surface area (Å²) in [5, 5.41) is 20.3. The van der Waals surface area contributed by atoms with E-state index in [2.05, 4.69) is 0 Å². The average molecular weight is 322 g/mol. The molecule has 0 aromatic heterocycles. The summed E-state index contributed by atoms with van der Waals surface area (Å²) in [6, 6.07) is 6.43. The van der Waals surface area contributed by atoms with E-state index in [-0.39, 0.29) is 19.1 Å². The summed E-state index contributed by atoms with van der Waals surface area (Å²) < 4.78 is 5.18. The number of hydrogen-bond donors (Lipinski definition) is 3. The fourth-order valence-corrected chi connectivity index (χ4v) is 2.62. The number of β-amino-alcohol motifs (C(OH)–C–C–N with tert-alkyl or cyclic N) is 1. The number of nitrogens with zero attached hydrogens (tertiary/aromatic N) is 1. The first-order valence-corrected chi connectivity index (χ1v) is 7.56. The molecule has 4 N–H and O–H groups in total. The summed E-state index contributed by atoms with van der Waals surface area (Å²) in [4.78, 5) is 24.8. The lowest BCUT2D eigenvalue weighted by molar-refractivity contribution is -0.119. The number of aliphatic hydroxyl groups excluding tert-OH is 1. The number of primary amides is 1. The molecular formula is C16H22N2O5. The van der Waals surface area contributed by atoms with Gasteiger partial charge in [-0.05, 0) is 31.0 Å². The van der Waals surface area contributed by atoms with Gasteiger partial charge >= 0.3 is 0 Å². The number of carbonyl (C=O) groups excluding carboxylic acids is 2. The molecule has 1 heterocycles. The minimum Gasteiger partial charge on any atom is -0.484 e. The summed E-state index contributed by atoms with van der Waals surface area (Å²) in [6.45, 7) is 1.99. The minimum atomic E-state index is -1.14. The standard InChI is InChI=1S/C16H22N2O5/c1-2-16(22)6-7-18(9-13(16)19)15(21)11-4-3-5-12(8-11)23-10-14(17)20/h3-5,8,13,19,22H,2,6-7,9-10H2,1H3,(H2,17,20)/t13-,16-/m1/s1. The maximum atomic E-state index is 12.5. The molecule has 2 rings (SSSR count). The van der Waals surface area contributed by atoms with Crippen LogP contribution < -0.4 is 10.5 Å². The molecule has 2 atom stereocenters. The molecule has 0 saturated carbocycles. The van der Waals surface area contributed by atoms with Gasteiger partial charge in [-0.1, -0.05) is 13.0 Å². The molecule has 0 spiro atoms. The third-order valence-electron chi connectivity index (χ3n) is 4.19. The lowest BCUT2D eigenvalue weighted by Crippen LogP contribution is -2.56. The summed E-state index contributed by atoms with van der Waals surface area (Å²) >= 11 is 0. The van der Waals surface area contributed by atoms with Gasteiger partial charge in [0.05, 0.1) is 5.60 Å². The normalized spacial score (nSPS) is 24.3. The second-order valence-corrected chi connectivity index (χ2v) is 5.76. The fourth-order valence-electron chi connectivity index (χ4n) is 2.62. The van der Waals surface area contributed by atoms with Crippen LogP contribution in [0.3, 0.4) is 0 Å². The van der Waals surface area contributed by atoms with Crippen LogP contribution in [0.25, 0.3) is 0 Å². The van der Waals surface area contributed by atoms with Crippen molar-refractivity contribution in [3.05, 3.63) is 29.8 Å². The average Bonchev–Trinajstić information content (AvgIpc) is 2.55. The van der Waals surface area contributed by atoms with E-state index in [0.717, 1.165) is 0 Å². The largest absolute Gasteiger partial charge is 0.484 e. The molecule has 1 aliphatic heterocycles. The summed E-state index contributed by atoms with van der Waals surface area (Å²) in [5.41, 5.74) is 4.27. The van der Waals surface area contributed by atoms with Crippen molar-refractivity contribution in [2.24, 2.45) is 5.73 Å². The Morgan fingerprint density at radius 1 is 1.48 bits per heavy atom. The van der Waals surface area contributed by atoms with E-state index in [1.807, 2.05) is 0 Å². The number of rotatable bonds is 5. The zero-order valence-corrected chi connectivity index (χ0v) is 13.1. The number of piperidine rings is 1. The topological polar surface area (TPSA) is 113 Å². The van der Waals surface area contributed by atoms with Gasteiger partial charge in [0, 0.05) is 18.7 Å². The fraction of sp³-hybridized carbons (Fsp3) is 0.500. The van der Waals surface area contributed by atoms with Crippen molar-refractivity contribution in [2.45, 2.75) is 31.5 Å². The third-order valence-corrected chi connectivity index (χ3v) is 4.19. The van der Waals surface area contributed by atoms with Crippen LogP contribution >= 0.6 is 0 Å². The van der Waals surface area contributed by atoms with Crippen molar-refractivity contribution in [3.63, 3.8) is 0 Å². The Morgan fingerprint density at radius 2 is 2.22 bits per heavy atom. The van der Waals surface area contributed by atoms with Crippen LogP contribution in [-0.4, -0.2) is 58.3 Å². The Labute approximate surface area is 134 Å². The highest BCUT2D eigenvalue weighted by atomic mass is 16.5. The summed E-state index contributed by atoms with van der Waals surface area (Å²) in [6.07, 6.45) is -0.208. The quantitative estimate of drug-likeness (QED) is 0.700. The van der Waals surface area contributed by atoms with Crippen LogP contribution in [0, 0.1) is 0 Å². The number of carbonyl (C=O) groups is 2. The Balaban J connectivity index is 2.06. The SMILES string of the molecule is CC[C@@]1(O)CCN(C(=O)c2cccc(OCC(N)=O)c2)C[C@H]1O. The van der Waals surface area contributed by atoms with Crippen molar-refractivity contribution in [1.82, 2.24) is 4.90 Å². The lowest BCUT2D eigenvalue weighted by atomic mass is 9.86.